The Kier molecular flexibility index (Phi) is 10.2. The van der Waals surface area contributed by atoms with E-state index in [0.717, 1.165) is 25.7 Å². The SMILES string of the molecule is COc1nc(-c2cccc3c2OC(CNC(=O)C2CCOCC2)CO3)ccc1NC(=O)N[C@H]1CC[C@@H](NC(=O)OC(C)(C)C)C1. The summed E-state index contributed by atoms with van der Waals surface area (Å²) < 4.78 is 28.5. The molecule has 3 aliphatic rings. The molecule has 13 heteroatoms. The van der Waals surface area contributed by atoms with Crippen LogP contribution in [0, 0.1) is 5.92 Å². The Morgan fingerprint density at radius 3 is 2.49 bits per heavy atom. The summed E-state index contributed by atoms with van der Waals surface area (Å²) in [7, 11) is 1.48. The number of carbonyl (C=O) groups excluding carboxylic acids is 3. The molecular formula is C32H43N5O8. The molecule has 2 aliphatic heterocycles. The molecule has 0 radical (unpaired) electrons. The van der Waals surface area contributed by atoms with Gasteiger partial charge < -0.3 is 45.0 Å². The summed E-state index contributed by atoms with van der Waals surface area (Å²) in [4.78, 5) is 42.2. The highest BCUT2D eigenvalue weighted by molar-refractivity contribution is 5.91. The molecule has 0 bridgehead atoms. The number of pyridine rings is 1. The molecule has 1 unspecified atom stereocenters. The van der Waals surface area contributed by atoms with Crippen molar-refractivity contribution in [1.29, 1.82) is 0 Å². The number of ether oxygens (including phenoxy) is 5. The van der Waals surface area contributed by atoms with Crippen molar-refractivity contribution in [2.24, 2.45) is 5.92 Å². The van der Waals surface area contributed by atoms with Gasteiger partial charge in [0.25, 0.3) is 0 Å². The highest BCUT2D eigenvalue weighted by Gasteiger charge is 2.30. The van der Waals surface area contributed by atoms with Crippen LogP contribution in [0.5, 0.6) is 17.4 Å². The largest absolute Gasteiger partial charge is 0.486 e. The Bertz CT molecular complexity index is 1370. The number of fused-ring (bicyclic) bond motifs is 1. The number of nitrogens with one attached hydrogen (secondary N) is 4. The van der Waals surface area contributed by atoms with Gasteiger partial charge in [0.1, 0.15) is 24.0 Å². The number of hydrogen-bond acceptors (Lipinski definition) is 9. The van der Waals surface area contributed by atoms with Crippen molar-refractivity contribution in [2.75, 3.05) is 38.8 Å². The molecule has 1 aliphatic carbocycles. The predicted molar refractivity (Wildman–Crippen MR) is 166 cm³/mol. The molecular weight excluding hydrogens is 582 g/mol. The van der Waals surface area contributed by atoms with Crippen LogP contribution < -0.4 is 35.5 Å². The first-order valence-corrected chi connectivity index (χ1v) is 15.5. The van der Waals surface area contributed by atoms with E-state index >= 15 is 0 Å². The van der Waals surface area contributed by atoms with Crippen LogP contribution >= 0.6 is 0 Å². The highest BCUT2D eigenvalue weighted by Crippen LogP contribution is 2.41. The summed E-state index contributed by atoms with van der Waals surface area (Å²) in [5.74, 6) is 1.29. The van der Waals surface area contributed by atoms with E-state index in [9.17, 15) is 14.4 Å². The Morgan fingerprint density at radius 1 is 1.00 bits per heavy atom. The van der Waals surface area contributed by atoms with Gasteiger partial charge in [-0.2, -0.15) is 0 Å². The number of aromatic nitrogens is 1. The first-order chi connectivity index (χ1) is 21.6. The summed E-state index contributed by atoms with van der Waals surface area (Å²) >= 11 is 0. The van der Waals surface area contributed by atoms with Crippen LogP contribution in [0.25, 0.3) is 11.3 Å². The van der Waals surface area contributed by atoms with Gasteiger partial charge in [0.05, 0.1) is 19.3 Å². The molecule has 2 aromatic rings. The number of para-hydroxylation sites is 1. The lowest BCUT2D eigenvalue weighted by molar-refractivity contribution is -0.128. The van der Waals surface area contributed by atoms with Crippen LogP contribution in [0.15, 0.2) is 30.3 Å². The van der Waals surface area contributed by atoms with Gasteiger partial charge in [-0.25, -0.2) is 14.6 Å². The Morgan fingerprint density at radius 2 is 1.76 bits per heavy atom. The number of nitrogens with zero attached hydrogens (tertiary/aromatic N) is 1. The molecule has 13 nitrogen and oxygen atoms in total. The zero-order valence-electron chi connectivity index (χ0n) is 26.3. The van der Waals surface area contributed by atoms with E-state index in [1.54, 1.807) is 12.1 Å². The standard InChI is InChI=1S/C32H43N5O8/c1-32(2,3)45-31(40)35-21-9-8-20(16-21)34-30(39)37-25-11-10-24(36-29(25)41-4)23-6-5-7-26-27(23)44-22(18-43-26)17-33-28(38)19-12-14-42-15-13-19/h5-7,10-11,19-22H,8-9,12-18H2,1-4H3,(H,33,38)(H,35,40)(H2,34,37,39)/t20-,21+,22?/m0/s1. The molecule has 5 rings (SSSR count). The number of alkyl carbamates (subject to hydrolysis) is 1. The van der Waals surface area contributed by atoms with Crippen molar-refractivity contribution in [3.63, 3.8) is 0 Å². The summed E-state index contributed by atoms with van der Waals surface area (Å²) in [6.07, 6.45) is 2.66. The zero-order chi connectivity index (χ0) is 32.0. The molecule has 1 aromatic carbocycles. The lowest BCUT2D eigenvalue weighted by atomic mass is 9.99. The van der Waals surface area contributed by atoms with Gasteiger partial charge in [-0.05, 0) is 77.1 Å². The average Bonchev–Trinajstić information content (AvgIpc) is 3.45. The third-order valence-corrected chi connectivity index (χ3v) is 7.85. The molecule has 0 spiro atoms. The minimum absolute atomic E-state index is 0.00438. The Labute approximate surface area is 263 Å². The van der Waals surface area contributed by atoms with Gasteiger partial charge >= 0.3 is 12.1 Å². The molecule has 2 fully saturated rings. The van der Waals surface area contributed by atoms with Gasteiger partial charge in [-0.3, -0.25) is 4.79 Å². The molecule has 45 heavy (non-hydrogen) atoms. The van der Waals surface area contributed by atoms with Crippen molar-refractivity contribution in [3.8, 4) is 28.6 Å². The van der Waals surface area contributed by atoms with Gasteiger partial charge in [-0.1, -0.05) is 6.07 Å². The summed E-state index contributed by atoms with van der Waals surface area (Å²) in [5, 5.41) is 11.7. The van der Waals surface area contributed by atoms with Crippen molar-refractivity contribution in [3.05, 3.63) is 30.3 Å². The predicted octanol–water partition coefficient (Wildman–Crippen LogP) is 4.01. The minimum Gasteiger partial charge on any atom is -0.486 e. The summed E-state index contributed by atoms with van der Waals surface area (Å²) in [6, 6.07) is 8.45. The number of urea groups is 1. The van der Waals surface area contributed by atoms with Crippen molar-refractivity contribution < 1.29 is 38.1 Å². The minimum atomic E-state index is -0.574. The van der Waals surface area contributed by atoms with Crippen LogP contribution in [0.2, 0.25) is 0 Å². The highest BCUT2D eigenvalue weighted by atomic mass is 16.6. The molecule has 1 aromatic heterocycles. The number of benzene rings is 1. The fraction of sp³-hybridized carbons (Fsp3) is 0.562. The lowest BCUT2D eigenvalue weighted by Gasteiger charge is -2.29. The zero-order valence-corrected chi connectivity index (χ0v) is 26.3. The number of carbonyl (C=O) groups is 3. The van der Waals surface area contributed by atoms with E-state index < -0.39 is 17.7 Å². The van der Waals surface area contributed by atoms with Crippen LogP contribution in [-0.4, -0.2) is 80.3 Å². The van der Waals surface area contributed by atoms with Gasteiger partial charge in [0.15, 0.2) is 11.5 Å². The summed E-state index contributed by atoms with van der Waals surface area (Å²) in [6.45, 7) is 7.27. The summed E-state index contributed by atoms with van der Waals surface area (Å²) in [5.41, 5.74) is 1.08. The average molecular weight is 626 g/mol. The number of methoxy groups -OCH3 is 1. The molecule has 4 amide bonds. The normalized spacial score (nSPS) is 21.4. The Hall–Kier alpha value is -4.26. The maximum absolute atomic E-state index is 12.9. The number of anilines is 1. The van der Waals surface area contributed by atoms with Gasteiger partial charge in [0, 0.05) is 36.8 Å². The van der Waals surface area contributed by atoms with Crippen molar-refractivity contribution in [2.45, 2.75) is 76.7 Å². The van der Waals surface area contributed by atoms with E-state index in [1.807, 2.05) is 39.0 Å². The quantitative estimate of drug-likeness (QED) is 0.340. The lowest BCUT2D eigenvalue weighted by Crippen LogP contribution is -2.43. The molecule has 3 heterocycles. The third-order valence-electron chi connectivity index (χ3n) is 7.85. The first-order valence-electron chi connectivity index (χ1n) is 15.5. The van der Waals surface area contributed by atoms with Crippen LogP contribution in [0.3, 0.4) is 0 Å². The monoisotopic (exact) mass is 625 g/mol. The second-order valence-corrected chi connectivity index (χ2v) is 12.5. The maximum Gasteiger partial charge on any atom is 0.407 e. The fourth-order valence-corrected chi connectivity index (χ4v) is 5.66. The Balaban J connectivity index is 1.18. The van der Waals surface area contributed by atoms with Crippen molar-refractivity contribution in [1.82, 2.24) is 20.9 Å². The van der Waals surface area contributed by atoms with E-state index in [-0.39, 0.29) is 35.9 Å². The molecule has 1 saturated heterocycles. The van der Waals surface area contributed by atoms with Gasteiger partial charge in [-0.15, -0.1) is 0 Å². The van der Waals surface area contributed by atoms with Gasteiger partial charge in [0.2, 0.25) is 11.8 Å². The topological polar surface area (TPSA) is 158 Å². The molecule has 1 saturated carbocycles. The van der Waals surface area contributed by atoms with Crippen molar-refractivity contribution >= 4 is 23.7 Å². The number of amides is 4. The second-order valence-electron chi connectivity index (χ2n) is 12.5. The maximum atomic E-state index is 12.9. The smallest absolute Gasteiger partial charge is 0.407 e. The second kappa shape index (κ2) is 14.2. The van der Waals surface area contributed by atoms with E-state index in [1.165, 1.54) is 7.11 Å². The van der Waals surface area contributed by atoms with Crippen LogP contribution in [0.4, 0.5) is 15.3 Å². The molecule has 244 valence electrons. The number of hydrogen-bond donors (Lipinski definition) is 4. The van der Waals surface area contributed by atoms with E-state index in [2.05, 4.69) is 26.3 Å². The first kappa shape index (κ1) is 32.1. The van der Waals surface area contributed by atoms with Crippen LogP contribution in [0.1, 0.15) is 52.9 Å². The fourth-order valence-electron chi connectivity index (χ4n) is 5.66. The van der Waals surface area contributed by atoms with Crippen LogP contribution in [-0.2, 0) is 14.3 Å². The van der Waals surface area contributed by atoms with E-state index in [4.69, 9.17) is 23.7 Å². The van der Waals surface area contributed by atoms with E-state index in [0.29, 0.717) is 61.2 Å². The third kappa shape index (κ3) is 8.68. The number of rotatable bonds is 8. The molecule has 4 N–H and O–H groups in total. The molecule has 3 atom stereocenters.